The van der Waals surface area contributed by atoms with E-state index in [0.29, 0.717) is 22.7 Å². The lowest BCUT2D eigenvalue weighted by atomic mass is 9.62. The molecule has 0 amide bonds. The molecular formula is C20H25N3O3. The number of carbonyl (C=O) groups is 1. The van der Waals surface area contributed by atoms with Gasteiger partial charge in [-0.05, 0) is 68.6 Å². The number of esters is 1. The number of ether oxygens (including phenoxy) is 1. The Balaban J connectivity index is 1.58. The molecule has 4 unspecified atom stereocenters. The summed E-state index contributed by atoms with van der Waals surface area (Å²) in [5.74, 6) is 3.55. The molecule has 0 spiro atoms. The standard InChI is InChI=1S/C20H25N3O3/c1-10(17-13-4-3-12-5-11(6-13)7-14(12)17)23-8-15-18(21-22-19(15)24)16(9-23)20(25)26-2/h8-14,17H,3-7H2,1-2H3,(H,22,24)/t10?,11-,12?,13-,14?,17?/m1/s1. The summed E-state index contributed by atoms with van der Waals surface area (Å²) in [6, 6.07) is 0.258. The van der Waals surface area contributed by atoms with E-state index in [-0.39, 0.29) is 11.6 Å². The van der Waals surface area contributed by atoms with Gasteiger partial charge in [0.1, 0.15) is 11.3 Å². The van der Waals surface area contributed by atoms with Crippen LogP contribution >= 0.6 is 0 Å². The summed E-state index contributed by atoms with van der Waals surface area (Å²) < 4.78 is 7.00. The first-order valence-electron chi connectivity index (χ1n) is 9.75. The summed E-state index contributed by atoms with van der Waals surface area (Å²) in [4.78, 5) is 24.4. The van der Waals surface area contributed by atoms with Crippen molar-refractivity contribution in [2.24, 2.45) is 29.6 Å². The topological polar surface area (TPSA) is 77.0 Å². The number of rotatable bonds is 3. The highest BCUT2D eigenvalue weighted by Gasteiger charge is 2.51. The maximum Gasteiger partial charge on any atom is 0.341 e. The van der Waals surface area contributed by atoms with Gasteiger partial charge in [-0.3, -0.25) is 4.79 Å². The number of nitrogens with one attached hydrogen (secondary N) is 1. The van der Waals surface area contributed by atoms with Crippen LogP contribution in [0.2, 0.25) is 0 Å². The van der Waals surface area contributed by atoms with Gasteiger partial charge in [0.25, 0.3) is 5.56 Å². The molecule has 3 saturated carbocycles. The Hall–Kier alpha value is -2.11. The van der Waals surface area contributed by atoms with E-state index in [1.54, 1.807) is 0 Å². The molecule has 5 aliphatic rings. The van der Waals surface area contributed by atoms with Crippen LogP contribution < -0.4 is 5.56 Å². The van der Waals surface area contributed by atoms with Crippen LogP contribution in [0.5, 0.6) is 0 Å². The van der Waals surface area contributed by atoms with E-state index in [9.17, 15) is 9.59 Å². The largest absolute Gasteiger partial charge is 0.465 e. The summed E-state index contributed by atoms with van der Waals surface area (Å²) >= 11 is 0. The fourth-order valence-corrected chi connectivity index (χ4v) is 6.45. The molecule has 0 radical (unpaired) electrons. The summed E-state index contributed by atoms with van der Waals surface area (Å²) in [6.45, 7) is 2.25. The Morgan fingerprint density at radius 3 is 2.85 bits per heavy atom. The molecule has 2 heterocycles. The van der Waals surface area contributed by atoms with Crippen LogP contribution in [0.15, 0.2) is 17.2 Å². The normalized spacial score (nSPS) is 33.5. The minimum Gasteiger partial charge on any atom is -0.465 e. The van der Waals surface area contributed by atoms with E-state index in [4.69, 9.17) is 4.74 Å². The van der Waals surface area contributed by atoms with Crippen molar-refractivity contribution in [3.63, 3.8) is 0 Å². The maximum atomic E-state index is 12.3. The molecule has 0 aromatic heterocycles. The van der Waals surface area contributed by atoms with Crippen LogP contribution in [0.25, 0.3) is 11.3 Å². The van der Waals surface area contributed by atoms with Gasteiger partial charge in [0.15, 0.2) is 0 Å². The average molecular weight is 355 g/mol. The van der Waals surface area contributed by atoms with Gasteiger partial charge in [0, 0.05) is 18.4 Å². The molecule has 1 N–H and O–H groups in total. The number of aromatic amines is 1. The number of nitrogens with zero attached hydrogens (tertiary/aromatic N) is 2. The highest BCUT2D eigenvalue weighted by Crippen LogP contribution is 2.60. The highest BCUT2D eigenvalue weighted by atomic mass is 16.5. The zero-order chi connectivity index (χ0) is 18.0. The van der Waals surface area contributed by atoms with Crippen molar-refractivity contribution in [3.05, 3.63) is 28.3 Å². The zero-order valence-electron chi connectivity index (χ0n) is 15.3. The number of hydrogen-bond donors (Lipinski definition) is 1. The van der Waals surface area contributed by atoms with Gasteiger partial charge in [-0.1, -0.05) is 0 Å². The maximum absolute atomic E-state index is 12.3. The van der Waals surface area contributed by atoms with Crippen molar-refractivity contribution in [2.45, 2.75) is 45.1 Å². The Bertz CT molecular complexity index is 885. The summed E-state index contributed by atoms with van der Waals surface area (Å²) in [6.07, 6.45) is 10.5. The third kappa shape index (κ3) is 2.20. The number of aromatic nitrogens is 3. The predicted molar refractivity (Wildman–Crippen MR) is 96.1 cm³/mol. The van der Waals surface area contributed by atoms with Crippen LogP contribution in [0, 0.1) is 29.6 Å². The van der Waals surface area contributed by atoms with Crippen molar-refractivity contribution in [2.75, 3.05) is 7.11 Å². The van der Waals surface area contributed by atoms with Crippen molar-refractivity contribution in [1.29, 1.82) is 0 Å². The molecule has 6 atom stereocenters. The second-order valence-electron chi connectivity index (χ2n) is 8.58. The average Bonchev–Trinajstić information content (AvgIpc) is 3.12. The van der Waals surface area contributed by atoms with Crippen LogP contribution in [0.1, 0.15) is 55.4 Å². The van der Waals surface area contributed by atoms with E-state index < -0.39 is 5.97 Å². The van der Waals surface area contributed by atoms with Crippen molar-refractivity contribution < 1.29 is 9.53 Å². The van der Waals surface area contributed by atoms with Gasteiger partial charge < -0.3 is 9.30 Å². The SMILES string of the molecule is COC(=O)c1cn(C(C)C2C3C[C@@H]4CC3CC[C@@H]2C4)cc2c(=O)[nH]nc1-2. The van der Waals surface area contributed by atoms with E-state index in [1.165, 1.54) is 39.2 Å². The molecule has 3 aliphatic carbocycles. The van der Waals surface area contributed by atoms with Crippen LogP contribution in [0.4, 0.5) is 0 Å². The monoisotopic (exact) mass is 355 g/mol. The van der Waals surface area contributed by atoms with E-state index in [2.05, 4.69) is 21.7 Å². The molecule has 138 valence electrons. The molecule has 0 aromatic carbocycles. The van der Waals surface area contributed by atoms with Crippen LogP contribution in [-0.4, -0.2) is 27.8 Å². The number of methoxy groups -OCH3 is 1. The lowest BCUT2D eigenvalue weighted by Crippen LogP contribution is -2.39. The van der Waals surface area contributed by atoms with E-state index in [1.807, 2.05) is 12.4 Å². The predicted octanol–water partition coefficient (Wildman–Crippen LogP) is 3.10. The molecule has 3 bridgehead atoms. The number of hydrogen-bond acceptors (Lipinski definition) is 4. The van der Waals surface area contributed by atoms with Crippen molar-refractivity contribution >= 4 is 5.97 Å². The Kier molecular flexibility index (Phi) is 3.52. The Morgan fingerprint density at radius 2 is 2.04 bits per heavy atom. The van der Waals surface area contributed by atoms with Gasteiger partial charge in [0.2, 0.25) is 0 Å². The molecule has 3 fully saturated rings. The van der Waals surface area contributed by atoms with E-state index in [0.717, 1.165) is 23.7 Å². The number of carbonyl (C=O) groups excluding carboxylic acids is 1. The van der Waals surface area contributed by atoms with Gasteiger partial charge in [-0.2, -0.15) is 5.10 Å². The lowest BCUT2D eigenvalue weighted by molar-refractivity contribution is 0.0449. The highest BCUT2D eigenvalue weighted by molar-refractivity contribution is 5.95. The second kappa shape index (κ2) is 5.69. The number of pyridine rings is 1. The summed E-state index contributed by atoms with van der Waals surface area (Å²) in [5.41, 5.74) is 0.972. The van der Waals surface area contributed by atoms with Gasteiger partial charge in [-0.15, -0.1) is 0 Å². The fraction of sp³-hybridized carbons (Fsp3) is 0.650. The second-order valence-corrected chi connectivity index (χ2v) is 8.58. The van der Waals surface area contributed by atoms with Crippen LogP contribution in [-0.2, 0) is 4.74 Å². The van der Waals surface area contributed by atoms with Gasteiger partial charge in [0.05, 0.1) is 12.7 Å². The van der Waals surface area contributed by atoms with Gasteiger partial charge in [-0.25, -0.2) is 9.89 Å². The molecule has 26 heavy (non-hydrogen) atoms. The minimum atomic E-state index is -0.450. The zero-order valence-corrected chi connectivity index (χ0v) is 15.3. The molecular weight excluding hydrogens is 330 g/mol. The smallest absolute Gasteiger partial charge is 0.341 e. The quantitative estimate of drug-likeness (QED) is 0.858. The van der Waals surface area contributed by atoms with Crippen molar-refractivity contribution in [3.8, 4) is 11.3 Å². The molecule has 0 aromatic rings. The van der Waals surface area contributed by atoms with E-state index >= 15 is 0 Å². The minimum absolute atomic E-state index is 0.252. The molecule has 6 nitrogen and oxygen atoms in total. The molecule has 5 rings (SSSR count). The third-order valence-electron chi connectivity index (χ3n) is 7.44. The Morgan fingerprint density at radius 1 is 1.27 bits per heavy atom. The van der Waals surface area contributed by atoms with Gasteiger partial charge >= 0.3 is 5.97 Å². The lowest BCUT2D eigenvalue weighted by Gasteiger charge is -2.46. The Labute approximate surface area is 152 Å². The summed E-state index contributed by atoms with van der Waals surface area (Å²) in [7, 11) is 1.36. The van der Waals surface area contributed by atoms with Crippen LogP contribution in [0.3, 0.4) is 0 Å². The molecule has 0 saturated heterocycles. The fourth-order valence-electron chi connectivity index (χ4n) is 6.45. The number of H-pyrrole nitrogens is 1. The first-order valence-corrected chi connectivity index (χ1v) is 9.75. The first kappa shape index (κ1) is 16.1. The third-order valence-corrected chi connectivity index (χ3v) is 7.44. The van der Waals surface area contributed by atoms with Crippen molar-refractivity contribution in [1.82, 2.24) is 14.8 Å². The molecule has 2 aliphatic heterocycles. The first-order chi connectivity index (χ1) is 12.6. The molecule has 6 heteroatoms. The number of fused-ring (bicyclic) bond motifs is 3. The summed E-state index contributed by atoms with van der Waals surface area (Å²) in [5, 5.41) is 6.49.